The van der Waals surface area contributed by atoms with Crippen molar-refractivity contribution in [2.24, 2.45) is 0 Å². The molecule has 1 N–H and O–H groups in total. The molecule has 0 bridgehead atoms. The third-order valence-corrected chi connectivity index (χ3v) is 3.69. The molecule has 0 amide bonds. The number of hydrogen-bond acceptors (Lipinski definition) is 6. The molecule has 6 heteroatoms. The molecule has 0 spiro atoms. The zero-order valence-electron chi connectivity index (χ0n) is 12.0. The Morgan fingerprint density at radius 3 is 2.70 bits per heavy atom. The van der Waals surface area contributed by atoms with E-state index in [4.69, 9.17) is 0 Å². The van der Waals surface area contributed by atoms with Crippen LogP contribution >= 0.6 is 11.8 Å². The van der Waals surface area contributed by atoms with Crippen LogP contribution in [0.5, 0.6) is 0 Å². The largest absolute Gasteiger partial charge is 0.370 e. The van der Waals surface area contributed by atoms with E-state index in [1.54, 1.807) is 30.6 Å². The monoisotopic (exact) mass is 289 g/mol. The molecule has 0 radical (unpaired) electrons. The SMILES string of the molecule is CCCNc1ncnc(Sc2ccncn2)c1C(C)C. The van der Waals surface area contributed by atoms with Gasteiger partial charge in [0.1, 0.15) is 28.5 Å². The quantitative estimate of drug-likeness (QED) is 0.823. The molecule has 0 aliphatic rings. The van der Waals surface area contributed by atoms with E-state index in [0.717, 1.165) is 34.4 Å². The maximum absolute atomic E-state index is 4.42. The summed E-state index contributed by atoms with van der Waals surface area (Å²) in [5, 5.41) is 5.22. The first-order valence-electron chi connectivity index (χ1n) is 6.75. The molecule has 0 saturated carbocycles. The van der Waals surface area contributed by atoms with Gasteiger partial charge in [0, 0.05) is 18.3 Å². The first-order chi connectivity index (χ1) is 9.72. The second-order valence-corrected chi connectivity index (χ2v) is 5.68. The Morgan fingerprint density at radius 1 is 1.20 bits per heavy atom. The lowest BCUT2D eigenvalue weighted by Gasteiger charge is -2.16. The van der Waals surface area contributed by atoms with Crippen molar-refractivity contribution in [3.63, 3.8) is 0 Å². The molecule has 0 fully saturated rings. The smallest absolute Gasteiger partial charge is 0.134 e. The van der Waals surface area contributed by atoms with Crippen molar-refractivity contribution in [3.05, 3.63) is 30.5 Å². The third kappa shape index (κ3) is 3.66. The zero-order valence-corrected chi connectivity index (χ0v) is 12.8. The summed E-state index contributed by atoms with van der Waals surface area (Å²) in [5.41, 5.74) is 1.14. The Kier molecular flexibility index (Phi) is 5.29. The highest BCUT2D eigenvalue weighted by atomic mass is 32.2. The molecule has 0 saturated heterocycles. The summed E-state index contributed by atoms with van der Waals surface area (Å²) in [6.07, 6.45) is 5.96. The van der Waals surface area contributed by atoms with E-state index in [1.807, 2.05) is 6.07 Å². The molecule has 0 aliphatic carbocycles. The van der Waals surface area contributed by atoms with Crippen molar-refractivity contribution in [1.29, 1.82) is 0 Å². The van der Waals surface area contributed by atoms with Gasteiger partial charge in [0.05, 0.1) is 0 Å². The summed E-state index contributed by atoms with van der Waals surface area (Å²) in [6.45, 7) is 7.36. The Morgan fingerprint density at radius 2 is 2.05 bits per heavy atom. The molecule has 106 valence electrons. The van der Waals surface area contributed by atoms with E-state index in [-0.39, 0.29) is 0 Å². The van der Waals surface area contributed by atoms with Crippen molar-refractivity contribution in [2.75, 3.05) is 11.9 Å². The van der Waals surface area contributed by atoms with E-state index in [0.29, 0.717) is 5.92 Å². The van der Waals surface area contributed by atoms with Gasteiger partial charge in [-0.2, -0.15) is 0 Å². The minimum Gasteiger partial charge on any atom is -0.370 e. The number of rotatable bonds is 6. The third-order valence-electron chi connectivity index (χ3n) is 2.72. The van der Waals surface area contributed by atoms with Crippen molar-refractivity contribution in [1.82, 2.24) is 19.9 Å². The molecule has 2 heterocycles. The van der Waals surface area contributed by atoms with Gasteiger partial charge in [0.25, 0.3) is 0 Å². The molecule has 2 rings (SSSR count). The van der Waals surface area contributed by atoms with Crippen LogP contribution in [-0.2, 0) is 0 Å². The predicted molar refractivity (Wildman–Crippen MR) is 81.1 cm³/mol. The van der Waals surface area contributed by atoms with Gasteiger partial charge in [0.2, 0.25) is 0 Å². The van der Waals surface area contributed by atoms with Gasteiger partial charge >= 0.3 is 0 Å². The van der Waals surface area contributed by atoms with Crippen LogP contribution in [0.3, 0.4) is 0 Å². The van der Waals surface area contributed by atoms with Gasteiger partial charge in [-0.1, -0.05) is 20.8 Å². The summed E-state index contributed by atoms with van der Waals surface area (Å²) >= 11 is 1.55. The van der Waals surface area contributed by atoms with Crippen molar-refractivity contribution < 1.29 is 0 Å². The number of anilines is 1. The van der Waals surface area contributed by atoms with Gasteiger partial charge in [-0.15, -0.1) is 0 Å². The lowest BCUT2D eigenvalue weighted by molar-refractivity contribution is 0.799. The summed E-state index contributed by atoms with van der Waals surface area (Å²) in [5.74, 6) is 1.27. The molecule has 0 atom stereocenters. The van der Waals surface area contributed by atoms with Crippen molar-refractivity contribution in [3.8, 4) is 0 Å². The maximum Gasteiger partial charge on any atom is 0.134 e. The minimum absolute atomic E-state index is 0.347. The fraction of sp³-hybridized carbons (Fsp3) is 0.429. The van der Waals surface area contributed by atoms with Gasteiger partial charge in [-0.05, 0) is 30.2 Å². The molecule has 20 heavy (non-hydrogen) atoms. The highest BCUT2D eigenvalue weighted by Gasteiger charge is 2.16. The van der Waals surface area contributed by atoms with E-state index >= 15 is 0 Å². The topological polar surface area (TPSA) is 63.6 Å². The highest BCUT2D eigenvalue weighted by Crippen LogP contribution is 2.34. The van der Waals surface area contributed by atoms with Crippen LogP contribution in [0.2, 0.25) is 0 Å². The van der Waals surface area contributed by atoms with Crippen LogP contribution in [0, 0.1) is 0 Å². The summed E-state index contributed by atoms with van der Waals surface area (Å²) in [4.78, 5) is 17.0. The molecular weight excluding hydrogens is 270 g/mol. The number of nitrogens with zero attached hydrogens (tertiary/aromatic N) is 4. The second-order valence-electron chi connectivity index (χ2n) is 4.67. The van der Waals surface area contributed by atoms with Crippen LogP contribution < -0.4 is 5.32 Å². The van der Waals surface area contributed by atoms with Crippen molar-refractivity contribution in [2.45, 2.75) is 43.2 Å². The van der Waals surface area contributed by atoms with Crippen LogP contribution in [0.25, 0.3) is 0 Å². The first-order valence-corrected chi connectivity index (χ1v) is 7.56. The Balaban J connectivity index is 2.32. The Hall–Kier alpha value is -1.69. The van der Waals surface area contributed by atoms with Crippen molar-refractivity contribution >= 4 is 17.6 Å². The lowest BCUT2D eigenvalue weighted by Crippen LogP contribution is -2.08. The average molecular weight is 289 g/mol. The molecule has 2 aromatic rings. The van der Waals surface area contributed by atoms with Gasteiger partial charge < -0.3 is 5.32 Å². The Bertz CT molecular complexity index is 545. The summed E-state index contributed by atoms with van der Waals surface area (Å²) < 4.78 is 0. The highest BCUT2D eigenvalue weighted by molar-refractivity contribution is 7.99. The maximum atomic E-state index is 4.42. The second kappa shape index (κ2) is 7.19. The number of hydrogen-bond donors (Lipinski definition) is 1. The first kappa shape index (κ1) is 14.7. The van der Waals surface area contributed by atoms with E-state index in [1.165, 1.54) is 0 Å². The molecule has 0 unspecified atom stereocenters. The minimum atomic E-state index is 0.347. The zero-order chi connectivity index (χ0) is 14.4. The molecular formula is C14H19N5S. The van der Waals surface area contributed by atoms with Crippen LogP contribution in [-0.4, -0.2) is 26.5 Å². The fourth-order valence-electron chi connectivity index (χ4n) is 1.80. The van der Waals surface area contributed by atoms with Crippen LogP contribution in [0.4, 0.5) is 5.82 Å². The van der Waals surface area contributed by atoms with Gasteiger partial charge in [-0.25, -0.2) is 19.9 Å². The summed E-state index contributed by atoms with van der Waals surface area (Å²) in [7, 11) is 0. The molecule has 2 aromatic heterocycles. The van der Waals surface area contributed by atoms with Crippen LogP contribution in [0.15, 0.2) is 35.0 Å². The number of nitrogens with one attached hydrogen (secondary N) is 1. The normalized spacial score (nSPS) is 10.8. The number of aromatic nitrogens is 4. The molecule has 0 aliphatic heterocycles. The standard InChI is InChI=1S/C14H19N5S/c1-4-6-16-13-12(10(2)3)14(19-9-18-13)20-11-5-7-15-8-17-11/h5,7-10H,4,6H2,1-3H3,(H,16,18,19). The van der Waals surface area contributed by atoms with E-state index in [9.17, 15) is 0 Å². The Labute approximate surface area is 123 Å². The summed E-state index contributed by atoms with van der Waals surface area (Å²) in [6, 6.07) is 1.88. The van der Waals surface area contributed by atoms with Gasteiger partial charge in [-0.3, -0.25) is 0 Å². The van der Waals surface area contributed by atoms with Crippen LogP contribution in [0.1, 0.15) is 38.7 Å². The van der Waals surface area contributed by atoms with E-state index in [2.05, 4.69) is 46.0 Å². The molecule has 5 nitrogen and oxygen atoms in total. The average Bonchev–Trinajstić information content (AvgIpc) is 2.46. The van der Waals surface area contributed by atoms with Gasteiger partial charge in [0.15, 0.2) is 0 Å². The predicted octanol–water partition coefficient (Wildman–Crippen LogP) is 3.36. The lowest BCUT2D eigenvalue weighted by atomic mass is 10.1. The fourth-order valence-corrected chi connectivity index (χ4v) is 2.77. The van der Waals surface area contributed by atoms with E-state index < -0.39 is 0 Å². The molecule has 0 aromatic carbocycles.